The van der Waals surface area contributed by atoms with Gasteiger partial charge in [0.05, 0.1) is 5.56 Å². The molecule has 0 unspecified atom stereocenters. The van der Waals surface area contributed by atoms with E-state index in [1.807, 2.05) is 6.07 Å². The van der Waals surface area contributed by atoms with Crippen LogP contribution in [0.5, 0.6) is 0 Å². The first-order chi connectivity index (χ1) is 6.31. The van der Waals surface area contributed by atoms with Crippen LogP contribution in [0.25, 0.3) is 0 Å². The summed E-state index contributed by atoms with van der Waals surface area (Å²) in [6, 6.07) is 6.85. The number of hydrogen-bond donors (Lipinski definition) is 1. The zero-order chi connectivity index (χ0) is 9.26. The van der Waals surface area contributed by atoms with Gasteiger partial charge in [-0.2, -0.15) is 5.26 Å². The van der Waals surface area contributed by atoms with Gasteiger partial charge in [-0.05, 0) is 30.7 Å². The molecule has 1 aromatic carbocycles. The topological polar surface area (TPSA) is 35.8 Å². The molecule has 1 saturated heterocycles. The van der Waals surface area contributed by atoms with E-state index in [9.17, 15) is 4.39 Å². The van der Waals surface area contributed by atoms with Crippen LogP contribution < -0.4 is 5.32 Å². The van der Waals surface area contributed by atoms with Crippen LogP contribution in [-0.2, 0) is 0 Å². The summed E-state index contributed by atoms with van der Waals surface area (Å²) in [4.78, 5) is 0. The lowest BCUT2D eigenvalue weighted by Gasteiger charge is -2.28. The molecule has 2 rings (SSSR count). The summed E-state index contributed by atoms with van der Waals surface area (Å²) in [6.45, 7) is 1.00. The Balaban J connectivity index is 2.33. The summed E-state index contributed by atoms with van der Waals surface area (Å²) in [7, 11) is 0. The van der Waals surface area contributed by atoms with E-state index in [1.165, 1.54) is 6.07 Å². The Labute approximate surface area is 76.0 Å². The Morgan fingerprint density at radius 2 is 2.31 bits per heavy atom. The molecular weight excluding hydrogens is 167 g/mol. The highest BCUT2D eigenvalue weighted by Crippen LogP contribution is 2.24. The summed E-state index contributed by atoms with van der Waals surface area (Å²) in [5, 5.41) is 11.8. The molecule has 1 heterocycles. The lowest BCUT2D eigenvalue weighted by atomic mass is 9.96. The number of hydrogen-bond acceptors (Lipinski definition) is 2. The molecule has 2 nitrogen and oxygen atoms in total. The van der Waals surface area contributed by atoms with E-state index in [-0.39, 0.29) is 5.56 Å². The van der Waals surface area contributed by atoms with Crippen molar-refractivity contribution in [3.8, 4) is 6.07 Å². The highest BCUT2D eigenvalue weighted by atomic mass is 19.1. The fraction of sp³-hybridized carbons (Fsp3) is 0.300. The summed E-state index contributed by atoms with van der Waals surface area (Å²) in [5.41, 5.74) is 1.13. The van der Waals surface area contributed by atoms with Crippen LogP contribution in [0.2, 0.25) is 0 Å². The second kappa shape index (κ2) is 3.15. The summed E-state index contributed by atoms with van der Waals surface area (Å²) in [5.74, 6) is -0.439. The van der Waals surface area contributed by atoms with Crippen LogP contribution >= 0.6 is 0 Å². The first kappa shape index (κ1) is 8.21. The van der Waals surface area contributed by atoms with Crippen molar-refractivity contribution in [3.05, 3.63) is 35.1 Å². The Hall–Kier alpha value is -1.40. The van der Waals surface area contributed by atoms with Crippen LogP contribution in [0, 0.1) is 17.1 Å². The second-order valence-electron chi connectivity index (χ2n) is 3.15. The van der Waals surface area contributed by atoms with Gasteiger partial charge in [-0.1, -0.05) is 6.07 Å². The third-order valence-electron chi connectivity index (χ3n) is 2.34. The maximum Gasteiger partial charge on any atom is 0.140 e. The Morgan fingerprint density at radius 3 is 2.85 bits per heavy atom. The largest absolute Gasteiger partial charge is 0.310 e. The quantitative estimate of drug-likeness (QED) is 0.707. The second-order valence-corrected chi connectivity index (χ2v) is 3.15. The van der Waals surface area contributed by atoms with Crippen LogP contribution in [0.3, 0.4) is 0 Å². The number of halogens is 1. The molecule has 1 aliphatic heterocycles. The normalized spacial score (nSPS) is 20.5. The van der Waals surface area contributed by atoms with Gasteiger partial charge in [-0.3, -0.25) is 0 Å². The van der Waals surface area contributed by atoms with Crippen molar-refractivity contribution in [3.63, 3.8) is 0 Å². The minimum absolute atomic E-state index is 0.131. The minimum atomic E-state index is -0.439. The van der Waals surface area contributed by atoms with Crippen molar-refractivity contribution in [2.75, 3.05) is 6.54 Å². The molecule has 0 radical (unpaired) electrons. The summed E-state index contributed by atoms with van der Waals surface area (Å²) >= 11 is 0. The van der Waals surface area contributed by atoms with Crippen molar-refractivity contribution >= 4 is 0 Å². The lowest BCUT2D eigenvalue weighted by Crippen LogP contribution is -2.34. The average molecular weight is 176 g/mol. The molecule has 3 heteroatoms. The third kappa shape index (κ3) is 1.41. The van der Waals surface area contributed by atoms with Crippen molar-refractivity contribution in [2.45, 2.75) is 12.5 Å². The van der Waals surface area contributed by atoms with E-state index in [0.717, 1.165) is 18.5 Å². The van der Waals surface area contributed by atoms with Crippen molar-refractivity contribution in [2.24, 2.45) is 0 Å². The Morgan fingerprint density at radius 1 is 1.54 bits per heavy atom. The van der Waals surface area contributed by atoms with Gasteiger partial charge in [0, 0.05) is 6.04 Å². The van der Waals surface area contributed by atoms with Gasteiger partial charge >= 0.3 is 0 Å². The number of nitriles is 1. The van der Waals surface area contributed by atoms with Crippen LogP contribution in [0.15, 0.2) is 18.2 Å². The van der Waals surface area contributed by atoms with E-state index >= 15 is 0 Å². The number of benzene rings is 1. The third-order valence-corrected chi connectivity index (χ3v) is 2.34. The van der Waals surface area contributed by atoms with Gasteiger partial charge in [-0.25, -0.2) is 4.39 Å². The monoisotopic (exact) mass is 176 g/mol. The van der Waals surface area contributed by atoms with E-state index < -0.39 is 5.82 Å². The molecule has 1 atom stereocenters. The number of nitrogens with one attached hydrogen (secondary N) is 1. The zero-order valence-corrected chi connectivity index (χ0v) is 7.05. The summed E-state index contributed by atoms with van der Waals surface area (Å²) < 4.78 is 12.9. The number of rotatable bonds is 1. The standard InChI is InChI=1S/C10H9FN2/c11-9-2-1-7(5-8(9)6-12)10-3-4-13-10/h1-2,5,10,13H,3-4H2/t10-/m1/s1. The fourth-order valence-electron chi connectivity index (χ4n) is 1.42. The molecule has 0 amide bonds. The SMILES string of the molecule is N#Cc1cc([C@H]2CCN2)ccc1F. The molecule has 0 saturated carbocycles. The van der Waals surface area contributed by atoms with Gasteiger partial charge in [0.15, 0.2) is 0 Å². The Bertz CT molecular complexity index is 364. The van der Waals surface area contributed by atoms with Crippen LogP contribution in [0.1, 0.15) is 23.6 Å². The van der Waals surface area contributed by atoms with E-state index in [4.69, 9.17) is 5.26 Å². The molecule has 1 fully saturated rings. The molecule has 0 bridgehead atoms. The first-order valence-electron chi connectivity index (χ1n) is 4.24. The highest BCUT2D eigenvalue weighted by Gasteiger charge is 2.19. The molecule has 1 aromatic rings. The van der Waals surface area contributed by atoms with E-state index in [0.29, 0.717) is 6.04 Å². The lowest BCUT2D eigenvalue weighted by molar-refractivity contribution is 0.383. The average Bonchev–Trinajstić information content (AvgIpc) is 2.05. The smallest absolute Gasteiger partial charge is 0.140 e. The molecular formula is C10H9FN2. The van der Waals surface area contributed by atoms with Gasteiger partial charge < -0.3 is 5.32 Å². The Kier molecular flexibility index (Phi) is 1.99. The van der Waals surface area contributed by atoms with Crippen LogP contribution in [-0.4, -0.2) is 6.54 Å². The van der Waals surface area contributed by atoms with Gasteiger partial charge in [-0.15, -0.1) is 0 Å². The predicted octanol–water partition coefficient (Wildman–Crippen LogP) is 1.73. The molecule has 13 heavy (non-hydrogen) atoms. The van der Waals surface area contributed by atoms with Crippen molar-refractivity contribution in [1.82, 2.24) is 5.32 Å². The number of nitrogens with zero attached hydrogens (tertiary/aromatic N) is 1. The molecule has 1 N–H and O–H groups in total. The predicted molar refractivity (Wildman–Crippen MR) is 46.5 cm³/mol. The van der Waals surface area contributed by atoms with Crippen molar-refractivity contribution < 1.29 is 4.39 Å². The van der Waals surface area contributed by atoms with E-state index in [2.05, 4.69) is 5.32 Å². The molecule has 66 valence electrons. The van der Waals surface area contributed by atoms with Gasteiger partial charge in [0.1, 0.15) is 11.9 Å². The molecule has 0 spiro atoms. The highest BCUT2D eigenvalue weighted by molar-refractivity contribution is 5.36. The minimum Gasteiger partial charge on any atom is -0.310 e. The van der Waals surface area contributed by atoms with Gasteiger partial charge in [0.2, 0.25) is 0 Å². The van der Waals surface area contributed by atoms with E-state index in [1.54, 1.807) is 12.1 Å². The maximum atomic E-state index is 12.9. The fourth-order valence-corrected chi connectivity index (χ4v) is 1.42. The molecule has 0 aromatic heterocycles. The molecule has 0 aliphatic carbocycles. The van der Waals surface area contributed by atoms with Crippen LogP contribution in [0.4, 0.5) is 4.39 Å². The zero-order valence-electron chi connectivity index (χ0n) is 7.05. The van der Waals surface area contributed by atoms with Crippen molar-refractivity contribution in [1.29, 1.82) is 5.26 Å². The summed E-state index contributed by atoms with van der Waals surface area (Å²) in [6.07, 6.45) is 1.07. The molecule has 1 aliphatic rings. The first-order valence-corrected chi connectivity index (χ1v) is 4.24. The van der Waals surface area contributed by atoms with Gasteiger partial charge in [0.25, 0.3) is 0 Å². The maximum absolute atomic E-state index is 12.9.